The minimum absolute atomic E-state index is 0.360. The van der Waals surface area contributed by atoms with Crippen LogP contribution >= 0.6 is 11.3 Å². The molecule has 13 heavy (non-hydrogen) atoms. The number of hydrogen-bond acceptors (Lipinski definition) is 3. The van der Waals surface area contributed by atoms with E-state index in [0.717, 1.165) is 17.1 Å². The SMILES string of the molecule is CCc1nc(C(C)C)sc1C(N)=O. The van der Waals surface area contributed by atoms with E-state index in [-0.39, 0.29) is 5.91 Å². The van der Waals surface area contributed by atoms with Crippen LogP contribution in [0.2, 0.25) is 0 Å². The second kappa shape index (κ2) is 3.87. The van der Waals surface area contributed by atoms with E-state index in [2.05, 4.69) is 18.8 Å². The van der Waals surface area contributed by atoms with Gasteiger partial charge in [0.05, 0.1) is 10.7 Å². The van der Waals surface area contributed by atoms with Crippen LogP contribution < -0.4 is 5.73 Å². The smallest absolute Gasteiger partial charge is 0.260 e. The fourth-order valence-electron chi connectivity index (χ4n) is 1.05. The van der Waals surface area contributed by atoms with Gasteiger partial charge in [-0.3, -0.25) is 4.79 Å². The molecule has 2 N–H and O–H groups in total. The topological polar surface area (TPSA) is 56.0 Å². The summed E-state index contributed by atoms with van der Waals surface area (Å²) in [6.07, 6.45) is 0.765. The van der Waals surface area contributed by atoms with Crippen LogP contribution in [0.4, 0.5) is 0 Å². The number of amides is 1. The van der Waals surface area contributed by atoms with Crippen LogP contribution in [0.5, 0.6) is 0 Å². The van der Waals surface area contributed by atoms with Crippen LogP contribution in [0.25, 0.3) is 0 Å². The van der Waals surface area contributed by atoms with Crippen molar-refractivity contribution in [3.63, 3.8) is 0 Å². The van der Waals surface area contributed by atoms with Crippen LogP contribution in [-0.2, 0) is 6.42 Å². The number of aromatic nitrogens is 1. The van der Waals surface area contributed by atoms with Gasteiger partial charge in [0.25, 0.3) is 5.91 Å². The Labute approximate surface area is 82.0 Å². The Kier molecular flexibility index (Phi) is 3.03. The molecule has 0 aliphatic heterocycles. The summed E-state index contributed by atoms with van der Waals surface area (Å²) in [6.45, 7) is 6.09. The standard InChI is InChI=1S/C9H14N2OS/c1-4-6-7(8(10)12)13-9(11-6)5(2)3/h5H,4H2,1-3H3,(H2,10,12). The molecular formula is C9H14N2OS. The Balaban J connectivity index is 3.11. The van der Waals surface area contributed by atoms with Crippen LogP contribution in [0.15, 0.2) is 0 Å². The summed E-state index contributed by atoms with van der Waals surface area (Å²) in [5.41, 5.74) is 6.07. The first-order valence-corrected chi connectivity index (χ1v) is 5.17. The molecule has 3 nitrogen and oxygen atoms in total. The minimum atomic E-state index is -0.360. The van der Waals surface area contributed by atoms with E-state index in [4.69, 9.17) is 5.73 Å². The molecule has 0 aliphatic rings. The van der Waals surface area contributed by atoms with Gasteiger partial charge in [-0.2, -0.15) is 0 Å². The monoisotopic (exact) mass is 198 g/mol. The van der Waals surface area contributed by atoms with Crippen LogP contribution in [0, 0.1) is 0 Å². The molecule has 4 heteroatoms. The molecule has 0 saturated carbocycles. The van der Waals surface area contributed by atoms with Crippen molar-refractivity contribution in [2.75, 3.05) is 0 Å². The van der Waals surface area contributed by atoms with Crippen molar-refractivity contribution in [2.45, 2.75) is 33.1 Å². The molecule has 0 aromatic carbocycles. The quantitative estimate of drug-likeness (QED) is 0.806. The van der Waals surface area contributed by atoms with Gasteiger partial charge in [-0.1, -0.05) is 20.8 Å². The highest BCUT2D eigenvalue weighted by Crippen LogP contribution is 2.24. The lowest BCUT2D eigenvalue weighted by molar-refractivity contribution is 0.100. The number of carbonyl (C=O) groups excluding carboxylic acids is 1. The zero-order valence-electron chi connectivity index (χ0n) is 8.13. The normalized spacial score (nSPS) is 10.8. The molecule has 0 saturated heterocycles. The van der Waals surface area contributed by atoms with Gasteiger partial charge in [-0.25, -0.2) is 4.98 Å². The molecule has 0 atom stereocenters. The van der Waals surface area contributed by atoms with Crippen molar-refractivity contribution in [3.05, 3.63) is 15.6 Å². The fourth-order valence-corrected chi connectivity index (χ4v) is 2.06. The summed E-state index contributed by atoms with van der Waals surface area (Å²) in [5.74, 6) is 0.00431. The van der Waals surface area contributed by atoms with Gasteiger partial charge >= 0.3 is 0 Å². The number of rotatable bonds is 3. The van der Waals surface area contributed by atoms with E-state index in [9.17, 15) is 4.79 Å². The number of aryl methyl sites for hydroxylation is 1. The summed E-state index contributed by atoms with van der Waals surface area (Å²) < 4.78 is 0. The van der Waals surface area contributed by atoms with Crippen LogP contribution in [0.3, 0.4) is 0 Å². The highest BCUT2D eigenvalue weighted by Gasteiger charge is 2.15. The Hall–Kier alpha value is -0.900. The van der Waals surface area contributed by atoms with Crippen molar-refractivity contribution < 1.29 is 4.79 Å². The van der Waals surface area contributed by atoms with E-state index in [1.54, 1.807) is 0 Å². The molecule has 0 fully saturated rings. The summed E-state index contributed by atoms with van der Waals surface area (Å²) in [6, 6.07) is 0. The van der Waals surface area contributed by atoms with Gasteiger partial charge in [0.15, 0.2) is 0 Å². The maximum Gasteiger partial charge on any atom is 0.260 e. The summed E-state index contributed by atoms with van der Waals surface area (Å²) in [5, 5.41) is 0.991. The predicted molar refractivity (Wildman–Crippen MR) is 54.1 cm³/mol. The molecule has 1 aromatic rings. The van der Waals surface area contributed by atoms with Crippen molar-refractivity contribution in [1.29, 1.82) is 0 Å². The lowest BCUT2D eigenvalue weighted by Gasteiger charge is -1.95. The lowest BCUT2D eigenvalue weighted by atomic mass is 10.2. The number of hydrogen-bond donors (Lipinski definition) is 1. The second-order valence-corrected chi connectivity index (χ2v) is 4.23. The molecule has 0 radical (unpaired) electrons. The highest BCUT2D eigenvalue weighted by atomic mass is 32.1. The van der Waals surface area contributed by atoms with E-state index >= 15 is 0 Å². The number of nitrogens with zero attached hydrogens (tertiary/aromatic N) is 1. The summed E-state index contributed by atoms with van der Waals surface area (Å²) in [4.78, 5) is 16.0. The van der Waals surface area contributed by atoms with Gasteiger partial charge in [0, 0.05) is 5.92 Å². The Morgan fingerprint density at radius 2 is 2.23 bits per heavy atom. The van der Waals surface area contributed by atoms with Crippen LogP contribution in [0.1, 0.15) is 47.1 Å². The van der Waals surface area contributed by atoms with Gasteiger partial charge in [-0.05, 0) is 6.42 Å². The van der Waals surface area contributed by atoms with Gasteiger partial charge in [0.1, 0.15) is 4.88 Å². The van der Waals surface area contributed by atoms with Crippen molar-refractivity contribution in [3.8, 4) is 0 Å². The molecule has 1 amide bonds. The van der Waals surface area contributed by atoms with Gasteiger partial charge in [-0.15, -0.1) is 11.3 Å². The number of primary amides is 1. The molecule has 0 spiro atoms. The summed E-state index contributed by atoms with van der Waals surface area (Å²) >= 11 is 1.41. The van der Waals surface area contributed by atoms with Crippen LogP contribution in [-0.4, -0.2) is 10.9 Å². The van der Waals surface area contributed by atoms with Crippen molar-refractivity contribution >= 4 is 17.2 Å². The zero-order chi connectivity index (χ0) is 10.0. The number of nitrogens with two attached hydrogens (primary N) is 1. The third kappa shape index (κ3) is 2.06. The lowest BCUT2D eigenvalue weighted by Crippen LogP contribution is -2.11. The third-order valence-corrected chi connectivity index (χ3v) is 3.18. The minimum Gasteiger partial charge on any atom is -0.365 e. The zero-order valence-corrected chi connectivity index (χ0v) is 8.94. The Morgan fingerprint density at radius 3 is 2.54 bits per heavy atom. The Bertz CT molecular complexity index is 317. The second-order valence-electron chi connectivity index (χ2n) is 3.20. The first-order chi connectivity index (χ1) is 6.06. The number of thiazole rings is 1. The average molecular weight is 198 g/mol. The molecule has 0 unspecified atom stereocenters. The molecular weight excluding hydrogens is 184 g/mol. The van der Waals surface area contributed by atoms with Gasteiger partial charge < -0.3 is 5.73 Å². The molecule has 1 aromatic heterocycles. The maximum atomic E-state index is 11.0. The molecule has 72 valence electrons. The van der Waals surface area contributed by atoms with Crippen molar-refractivity contribution in [2.24, 2.45) is 5.73 Å². The third-order valence-electron chi connectivity index (χ3n) is 1.77. The fraction of sp³-hybridized carbons (Fsp3) is 0.556. The summed E-state index contributed by atoms with van der Waals surface area (Å²) in [7, 11) is 0. The maximum absolute atomic E-state index is 11.0. The predicted octanol–water partition coefficient (Wildman–Crippen LogP) is 1.93. The van der Waals surface area contributed by atoms with E-state index in [1.165, 1.54) is 11.3 Å². The first-order valence-electron chi connectivity index (χ1n) is 4.35. The largest absolute Gasteiger partial charge is 0.365 e. The van der Waals surface area contributed by atoms with Gasteiger partial charge in [0.2, 0.25) is 0 Å². The van der Waals surface area contributed by atoms with E-state index in [0.29, 0.717) is 10.8 Å². The molecule has 1 rings (SSSR count). The Morgan fingerprint density at radius 1 is 1.62 bits per heavy atom. The highest BCUT2D eigenvalue weighted by molar-refractivity contribution is 7.13. The van der Waals surface area contributed by atoms with E-state index < -0.39 is 0 Å². The number of carbonyl (C=O) groups is 1. The molecule has 1 heterocycles. The first kappa shape index (κ1) is 10.2. The molecule has 0 aliphatic carbocycles. The van der Waals surface area contributed by atoms with E-state index in [1.807, 2.05) is 6.92 Å². The average Bonchev–Trinajstić information content (AvgIpc) is 2.47. The molecule has 0 bridgehead atoms. The van der Waals surface area contributed by atoms with Crippen molar-refractivity contribution in [1.82, 2.24) is 4.98 Å².